The van der Waals surface area contributed by atoms with E-state index in [1.54, 1.807) is 5.56 Å². The molecule has 140 valence electrons. The summed E-state index contributed by atoms with van der Waals surface area (Å²) in [5, 5.41) is 13.6. The number of nitrogens with one attached hydrogen (secondary N) is 3. The molecule has 1 unspecified atom stereocenters. The highest BCUT2D eigenvalue weighted by Gasteiger charge is 2.54. The van der Waals surface area contributed by atoms with E-state index in [-0.39, 0.29) is 0 Å². The van der Waals surface area contributed by atoms with E-state index in [9.17, 15) is 0 Å². The van der Waals surface area contributed by atoms with E-state index in [0.29, 0.717) is 23.7 Å². The molecule has 4 aromatic rings. The molecule has 28 heavy (non-hydrogen) atoms. The van der Waals surface area contributed by atoms with Crippen LogP contribution in [0.5, 0.6) is 0 Å². The molecule has 2 bridgehead atoms. The Kier molecular flexibility index (Phi) is 2.74. The third-order valence-electron chi connectivity index (χ3n) is 7.76. The van der Waals surface area contributed by atoms with Gasteiger partial charge in [-0.2, -0.15) is 5.10 Å². The summed E-state index contributed by atoms with van der Waals surface area (Å²) in [6, 6.07) is 13.7. The van der Waals surface area contributed by atoms with E-state index < -0.39 is 0 Å². The molecule has 1 aliphatic heterocycles. The average molecular weight is 369 g/mol. The molecule has 2 aromatic carbocycles. The lowest BCUT2D eigenvalue weighted by Crippen LogP contribution is -2.35. The second kappa shape index (κ2) is 5.10. The fraction of sp³-hybridized carbons (Fsp3) is 0.348. The highest BCUT2D eigenvalue weighted by Crippen LogP contribution is 2.64. The fourth-order valence-corrected chi connectivity index (χ4v) is 6.70. The fourth-order valence-electron chi connectivity index (χ4n) is 6.70. The zero-order chi connectivity index (χ0) is 18.4. The number of rotatable bonds is 1. The zero-order valence-corrected chi connectivity index (χ0v) is 15.6. The number of H-pyrrole nitrogens is 2. The van der Waals surface area contributed by atoms with Gasteiger partial charge >= 0.3 is 0 Å². The Bertz CT molecular complexity index is 1230. The lowest BCUT2D eigenvalue weighted by Gasteiger charge is -2.44. The highest BCUT2D eigenvalue weighted by atomic mass is 15.1. The minimum Gasteiger partial charge on any atom is -0.382 e. The Morgan fingerprint density at radius 1 is 0.964 bits per heavy atom. The van der Waals surface area contributed by atoms with Crippen molar-refractivity contribution >= 4 is 33.3 Å². The maximum absolute atomic E-state index is 6.10. The lowest BCUT2D eigenvalue weighted by molar-refractivity contribution is 0.249. The summed E-state index contributed by atoms with van der Waals surface area (Å²) in [5.74, 6) is 3.52. The summed E-state index contributed by atoms with van der Waals surface area (Å²) in [6.45, 7) is 0. The summed E-state index contributed by atoms with van der Waals surface area (Å²) in [6.07, 6.45) is 6.21. The van der Waals surface area contributed by atoms with Gasteiger partial charge in [-0.05, 0) is 84.4 Å². The molecule has 7 rings (SSSR count). The average Bonchev–Trinajstić information content (AvgIpc) is 3.51. The van der Waals surface area contributed by atoms with Crippen molar-refractivity contribution in [2.24, 2.45) is 17.8 Å². The van der Waals surface area contributed by atoms with Gasteiger partial charge in [0.25, 0.3) is 0 Å². The van der Waals surface area contributed by atoms with Crippen molar-refractivity contribution in [1.82, 2.24) is 15.2 Å². The topological polar surface area (TPSA) is 82.5 Å². The van der Waals surface area contributed by atoms with Crippen LogP contribution in [0.2, 0.25) is 0 Å². The van der Waals surface area contributed by atoms with Crippen LogP contribution in [0.3, 0.4) is 0 Å². The zero-order valence-electron chi connectivity index (χ0n) is 15.6. The molecule has 5 atom stereocenters. The summed E-state index contributed by atoms with van der Waals surface area (Å²) in [5.41, 5.74) is 12.6. The van der Waals surface area contributed by atoms with Gasteiger partial charge in [-0.1, -0.05) is 6.07 Å². The predicted octanol–water partition coefficient (Wildman–Crippen LogP) is 4.92. The SMILES string of the molecule is Nc1n[nH]c2ccc([C@@H]3Nc4ccc5[nH]ccc5c4[C@H]4[C@@H]5CCC(C5)[C@H]43)cc12. The van der Waals surface area contributed by atoms with Gasteiger partial charge in [0, 0.05) is 28.2 Å². The Morgan fingerprint density at radius 2 is 1.86 bits per heavy atom. The number of aromatic amines is 2. The Labute approximate surface area is 162 Å². The molecule has 5 N–H and O–H groups in total. The minimum atomic E-state index is 0.336. The van der Waals surface area contributed by atoms with Crippen LogP contribution < -0.4 is 11.1 Å². The third-order valence-corrected chi connectivity index (χ3v) is 7.76. The summed E-state index contributed by atoms with van der Waals surface area (Å²) < 4.78 is 0. The lowest BCUT2D eigenvalue weighted by atomic mass is 9.67. The molecular formula is C23H23N5. The number of nitrogens with zero attached hydrogens (tertiary/aromatic N) is 1. The van der Waals surface area contributed by atoms with Crippen LogP contribution in [0.4, 0.5) is 11.5 Å². The monoisotopic (exact) mass is 369 g/mol. The maximum Gasteiger partial charge on any atom is 0.153 e. The number of fused-ring (bicyclic) bond motifs is 10. The number of aromatic nitrogens is 3. The molecule has 3 heterocycles. The van der Waals surface area contributed by atoms with Crippen LogP contribution in [0.1, 0.15) is 42.3 Å². The maximum atomic E-state index is 6.10. The molecule has 2 saturated carbocycles. The number of hydrogen-bond acceptors (Lipinski definition) is 3. The van der Waals surface area contributed by atoms with Crippen LogP contribution in [-0.2, 0) is 0 Å². The minimum absolute atomic E-state index is 0.336. The van der Waals surface area contributed by atoms with Crippen molar-refractivity contribution in [3.63, 3.8) is 0 Å². The molecule has 2 fully saturated rings. The molecule has 5 heteroatoms. The second-order valence-corrected chi connectivity index (χ2v) is 8.94. The number of anilines is 2. The third kappa shape index (κ3) is 1.79. The van der Waals surface area contributed by atoms with Gasteiger partial charge in [0.2, 0.25) is 0 Å². The Balaban J connectivity index is 1.44. The molecule has 2 aliphatic carbocycles. The first-order valence-electron chi connectivity index (χ1n) is 10.4. The van der Waals surface area contributed by atoms with Crippen LogP contribution in [0.15, 0.2) is 42.6 Å². The van der Waals surface area contributed by atoms with Crippen molar-refractivity contribution in [3.8, 4) is 0 Å². The number of nitrogens with two attached hydrogens (primary N) is 1. The van der Waals surface area contributed by atoms with Crippen LogP contribution >= 0.6 is 0 Å². The summed E-state index contributed by atoms with van der Waals surface area (Å²) in [4.78, 5) is 3.41. The van der Waals surface area contributed by atoms with Crippen molar-refractivity contribution in [1.29, 1.82) is 0 Å². The number of hydrogen-bond donors (Lipinski definition) is 4. The normalized spacial score (nSPS) is 30.5. The summed E-state index contributed by atoms with van der Waals surface area (Å²) in [7, 11) is 0. The first kappa shape index (κ1) is 15.0. The summed E-state index contributed by atoms with van der Waals surface area (Å²) >= 11 is 0. The van der Waals surface area contributed by atoms with Gasteiger partial charge < -0.3 is 16.0 Å². The number of nitrogen functional groups attached to an aromatic ring is 1. The van der Waals surface area contributed by atoms with E-state index >= 15 is 0 Å². The van der Waals surface area contributed by atoms with E-state index in [0.717, 1.165) is 22.7 Å². The van der Waals surface area contributed by atoms with Gasteiger partial charge in [0.1, 0.15) is 0 Å². The Morgan fingerprint density at radius 3 is 2.82 bits per heavy atom. The second-order valence-electron chi connectivity index (χ2n) is 8.94. The Hall–Kier alpha value is -2.95. The van der Waals surface area contributed by atoms with Gasteiger partial charge in [-0.3, -0.25) is 5.10 Å². The highest BCUT2D eigenvalue weighted by molar-refractivity contribution is 5.91. The van der Waals surface area contributed by atoms with Crippen molar-refractivity contribution in [2.75, 3.05) is 11.1 Å². The van der Waals surface area contributed by atoms with Crippen LogP contribution in [0.25, 0.3) is 21.8 Å². The molecule has 0 radical (unpaired) electrons. The van der Waals surface area contributed by atoms with Gasteiger partial charge in [-0.25, -0.2) is 0 Å². The van der Waals surface area contributed by atoms with E-state index in [2.05, 4.69) is 63.1 Å². The quantitative estimate of drug-likeness (QED) is 0.384. The number of benzene rings is 2. The standard InChI is InChI=1S/C23H23N5/c24-23-15-10-13(3-4-17(15)27-28-23)22-20-12-2-1-11(9-12)19(20)21-14-7-8-25-16(14)5-6-18(21)26-22/h3-8,10-12,19-20,22,25-26H,1-2,9H2,(H3,24,27,28)/t11-,12?,19+,20-,22+/m1/s1. The van der Waals surface area contributed by atoms with Crippen molar-refractivity contribution in [3.05, 3.63) is 53.7 Å². The van der Waals surface area contributed by atoms with Crippen LogP contribution in [0, 0.1) is 17.8 Å². The first-order chi connectivity index (χ1) is 13.8. The van der Waals surface area contributed by atoms with Gasteiger partial charge in [0.15, 0.2) is 5.82 Å². The van der Waals surface area contributed by atoms with Gasteiger partial charge in [-0.15, -0.1) is 0 Å². The van der Waals surface area contributed by atoms with E-state index in [4.69, 9.17) is 5.73 Å². The molecule has 0 spiro atoms. The molecule has 0 amide bonds. The molecular weight excluding hydrogens is 346 g/mol. The van der Waals surface area contributed by atoms with Gasteiger partial charge in [0.05, 0.1) is 11.6 Å². The molecule has 2 aromatic heterocycles. The largest absolute Gasteiger partial charge is 0.382 e. The molecule has 0 saturated heterocycles. The van der Waals surface area contributed by atoms with Crippen molar-refractivity contribution < 1.29 is 0 Å². The van der Waals surface area contributed by atoms with Crippen molar-refractivity contribution in [2.45, 2.75) is 31.2 Å². The molecule has 3 aliphatic rings. The van der Waals surface area contributed by atoms with Crippen LogP contribution in [-0.4, -0.2) is 15.2 Å². The molecule has 5 nitrogen and oxygen atoms in total. The van der Waals surface area contributed by atoms with E-state index in [1.165, 1.54) is 41.4 Å². The first-order valence-corrected chi connectivity index (χ1v) is 10.4. The van der Waals surface area contributed by atoms with E-state index in [1.807, 2.05) is 0 Å². The predicted molar refractivity (Wildman–Crippen MR) is 112 cm³/mol. The smallest absolute Gasteiger partial charge is 0.153 e.